The van der Waals surface area contributed by atoms with Crippen molar-refractivity contribution >= 4 is 11.9 Å². The number of nitrogens with zero attached hydrogens (tertiary/aromatic N) is 3. The van der Waals surface area contributed by atoms with Gasteiger partial charge >= 0.3 is 6.03 Å². The second-order valence-corrected chi connectivity index (χ2v) is 8.58. The number of unbranched alkanes of at least 4 members (excludes halogenated alkanes) is 1. The molecule has 2 aliphatic rings. The molecule has 1 aliphatic heterocycles. The van der Waals surface area contributed by atoms with Crippen molar-refractivity contribution < 1.29 is 18.7 Å². The molecule has 8 heteroatoms. The second kappa shape index (κ2) is 8.69. The largest absolute Gasteiger partial charge is 0.494 e. The van der Waals surface area contributed by atoms with Crippen molar-refractivity contribution in [2.24, 2.45) is 0 Å². The summed E-state index contributed by atoms with van der Waals surface area (Å²) in [7, 11) is 0. The summed E-state index contributed by atoms with van der Waals surface area (Å²) in [4.78, 5) is 27.1. The van der Waals surface area contributed by atoms with Gasteiger partial charge in [-0.15, -0.1) is 10.2 Å². The first-order chi connectivity index (χ1) is 16.1. The molecule has 1 saturated heterocycles. The molecule has 1 N–H and O–H groups in total. The third-order valence-electron chi connectivity index (χ3n) is 6.31. The van der Waals surface area contributed by atoms with Crippen molar-refractivity contribution in [3.8, 4) is 17.2 Å². The maximum absolute atomic E-state index is 13.3. The molecule has 1 aromatic heterocycles. The number of benzene rings is 2. The van der Waals surface area contributed by atoms with E-state index in [2.05, 4.69) is 28.5 Å². The van der Waals surface area contributed by atoms with Gasteiger partial charge in [0, 0.05) is 12.0 Å². The minimum atomic E-state index is -0.901. The van der Waals surface area contributed by atoms with Crippen LogP contribution in [0.3, 0.4) is 0 Å². The van der Waals surface area contributed by atoms with Gasteiger partial charge in [0.15, 0.2) is 0 Å². The van der Waals surface area contributed by atoms with Gasteiger partial charge in [-0.1, -0.05) is 37.6 Å². The van der Waals surface area contributed by atoms with Crippen LogP contribution in [0, 0.1) is 0 Å². The van der Waals surface area contributed by atoms with E-state index in [4.69, 9.17) is 9.15 Å². The van der Waals surface area contributed by atoms with Gasteiger partial charge in [0.1, 0.15) is 17.8 Å². The number of nitrogens with one attached hydrogen (secondary N) is 1. The number of rotatable bonds is 7. The number of ether oxygens (including phenoxy) is 1. The zero-order chi connectivity index (χ0) is 22.8. The number of amides is 3. The number of fused-ring (bicyclic) bond motifs is 1. The van der Waals surface area contributed by atoms with Gasteiger partial charge in [0.05, 0.1) is 6.61 Å². The number of aryl methyl sites for hydroxylation is 1. The maximum atomic E-state index is 13.3. The lowest BCUT2D eigenvalue weighted by atomic mass is 9.78. The highest BCUT2D eigenvalue weighted by Crippen LogP contribution is 2.34. The lowest BCUT2D eigenvalue weighted by molar-refractivity contribution is -0.132. The number of hydrogen-bond donors (Lipinski definition) is 1. The Morgan fingerprint density at radius 3 is 2.67 bits per heavy atom. The molecule has 0 radical (unpaired) electrons. The first-order valence-corrected chi connectivity index (χ1v) is 11.3. The molecule has 0 saturated carbocycles. The number of hydrogen-bond acceptors (Lipinski definition) is 6. The first kappa shape index (κ1) is 21.2. The monoisotopic (exact) mass is 446 g/mol. The van der Waals surface area contributed by atoms with E-state index in [-0.39, 0.29) is 18.3 Å². The summed E-state index contributed by atoms with van der Waals surface area (Å²) in [5.74, 6) is 1.09. The van der Waals surface area contributed by atoms with Crippen LogP contribution in [0.25, 0.3) is 11.5 Å². The Balaban J connectivity index is 1.27. The molecule has 0 bridgehead atoms. The van der Waals surface area contributed by atoms with Gasteiger partial charge in [-0.25, -0.2) is 4.79 Å². The molecule has 170 valence electrons. The fraction of sp³-hybridized carbons (Fsp3) is 0.360. The average molecular weight is 447 g/mol. The zero-order valence-electron chi connectivity index (χ0n) is 18.5. The molecular weight excluding hydrogens is 420 g/mol. The van der Waals surface area contributed by atoms with Gasteiger partial charge in [0.25, 0.3) is 5.91 Å². The molecule has 3 amide bonds. The third kappa shape index (κ3) is 4.08. The summed E-state index contributed by atoms with van der Waals surface area (Å²) in [5, 5.41) is 11.1. The van der Waals surface area contributed by atoms with E-state index < -0.39 is 11.6 Å². The van der Waals surface area contributed by atoms with E-state index in [1.807, 2.05) is 42.5 Å². The molecule has 8 nitrogen and oxygen atoms in total. The van der Waals surface area contributed by atoms with E-state index in [1.165, 1.54) is 10.5 Å². The van der Waals surface area contributed by atoms with Crippen LogP contribution in [-0.4, -0.2) is 39.2 Å². The Kier molecular flexibility index (Phi) is 5.58. The topological polar surface area (TPSA) is 97.6 Å². The number of carbonyl (C=O) groups excluding carboxylic acids is 2. The predicted molar refractivity (Wildman–Crippen MR) is 120 cm³/mol. The third-order valence-corrected chi connectivity index (χ3v) is 6.31. The quantitative estimate of drug-likeness (QED) is 0.437. The van der Waals surface area contributed by atoms with Crippen LogP contribution in [0.1, 0.15) is 43.2 Å². The minimum absolute atomic E-state index is 0.0563. The van der Waals surface area contributed by atoms with E-state index >= 15 is 0 Å². The van der Waals surface area contributed by atoms with Gasteiger partial charge in [-0.3, -0.25) is 9.69 Å². The standard InChI is InChI=1S/C25H26N4O4/c1-2-3-14-32-20-10-8-18(9-11-20)22-28-27-21(33-22)16-29-23(30)25(26-24(29)31)13-12-17-6-4-5-7-19(17)15-25/h4-11H,2-3,12-16H2,1H3,(H,26,31). The van der Waals surface area contributed by atoms with Crippen molar-refractivity contribution in [3.63, 3.8) is 0 Å². The van der Waals surface area contributed by atoms with Crippen molar-refractivity contribution in [1.82, 2.24) is 20.4 Å². The molecule has 2 heterocycles. The molecule has 1 spiro atoms. The van der Waals surface area contributed by atoms with Gasteiger partial charge in [-0.05, 0) is 54.7 Å². The predicted octanol–water partition coefficient (Wildman–Crippen LogP) is 3.90. The summed E-state index contributed by atoms with van der Waals surface area (Å²) in [6.45, 7) is 2.74. The van der Waals surface area contributed by atoms with E-state index in [0.29, 0.717) is 25.3 Å². The molecule has 1 unspecified atom stereocenters. The number of carbonyl (C=O) groups is 2. The summed E-state index contributed by atoms with van der Waals surface area (Å²) in [6, 6.07) is 15.0. The molecule has 1 atom stereocenters. The smallest absolute Gasteiger partial charge is 0.325 e. The highest BCUT2D eigenvalue weighted by molar-refractivity contribution is 6.07. The number of imide groups is 1. The molecule has 3 aromatic rings. The van der Waals surface area contributed by atoms with Gasteiger partial charge in [0.2, 0.25) is 11.8 Å². The molecule has 1 fully saturated rings. The van der Waals surface area contributed by atoms with Crippen molar-refractivity contribution in [1.29, 1.82) is 0 Å². The van der Waals surface area contributed by atoms with Crippen molar-refractivity contribution in [2.75, 3.05) is 6.61 Å². The normalized spacial score (nSPS) is 19.6. The lowest BCUT2D eigenvalue weighted by Gasteiger charge is -2.32. The summed E-state index contributed by atoms with van der Waals surface area (Å²) in [5.41, 5.74) is 2.17. The summed E-state index contributed by atoms with van der Waals surface area (Å²) in [6.07, 6.45) is 3.90. The first-order valence-electron chi connectivity index (χ1n) is 11.3. The Hall–Kier alpha value is -3.68. The Morgan fingerprint density at radius 2 is 1.88 bits per heavy atom. The molecule has 1 aliphatic carbocycles. The van der Waals surface area contributed by atoms with Crippen LogP contribution in [0.5, 0.6) is 5.75 Å². The van der Waals surface area contributed by atoms with E-state index in [9.17, 15) is 9.59 Å². The second-order valence-electron chi connectivity index (χ2n) is 8.58. The van der Waals surface area contributed by atoms with Crippen LogP contribution < -0.4 is 10.1 Å². The van der Waals surface area contributed by atoms with Crippen LogP contribution >= 0.6 is 0 Å². The molecule has 2 aromatic carbocycles. The zero-order valence-corrected chi connectivity index (χ0v) is 18.5. The summed E-state index contributed by atoms with van der Waals surface area (Å²) < 4.78 is 11.4. The number of aromatic nitrogens is 2. The highest BCUT2D eigenvalue weighted by Gasteiger charge is 2.52. The average Bonchev–Trinajstić information content (AvgIpc) is 3.39. The number of urea groups is 1. The van der Waals surface area contributed by atoms with Crippen molar-refractivity contribution in [2.45, 2.75) is 51.1 Å². The van der Waals surface area contributed by atoms with Crippen LogP contribution in [-0.2, 0) is 24.2 Å². The molecule has 33 heavy (non-hydrogen) atoms. The fourth-order valence-corrected chi connectivity index (χ4v) is 4.44. The molecule has 5 rings (SSSR count). The van der Waals surface area contributed by atoms with Crippen LogP contribution in [0.4, 0.5) is 4.79 Å². The lowest BCUT2D eigenvalue weighted by Crippen LogP contribution is -2.51. The molecular formula is C25H26N4O4. The SMILES string of the molecule is CCCCOc1ccc(-c2nnc(CN3C(=O)NC4(CCc5ccccc5C4)C3=O)o2)cc1. The maximum Gasteiger partial charge on any atom is 0.325 e. The van der Waals surface area contributed by atoms with Gasteiger partial charge < -0.3 is 14.5 Å². The fourth-order valence-electron chi connectivity index (χ4n) is 4.44. The van der Waals surface area contributed by atoms with E-state index in [0.717, 1.165) is 36.1 Å². The van der Waals surface area contributed by atoms with Crippen LogP contribution in [0.2, 0.25) is 0 Å². The van der Waals surface area contributed by atoms with Crippen molar-refractivity contribution in [3.05, 3.63) is 65.5 Å². The van der Waals surface area contributed by atoms with Crippen LogP contribution in [0.15, 0.2) is 52.9 Å². The van der Waals surface area contributed by atoms with E-state index in [1.54, 1.807) is 0 Å². The minimum Gasteiger partial charge on any atom is -0.494 e. The highest BCUT2D eigenvalue weighted by atomic mass is 16.5. The summed E-state index contributed by atoms with van der Waals surface area (Å²) >= 11 is 0. The Labute approximate surface area is 191 Å². The Morgan fingerprint density at radius 1 is 1.09 bits per heavy atom. The Bertz CT molecular complexity index is 1170. The van der Waals surface area contributed by atoms with Gasteiger partial charge in [-0.2, -0.15) is 0 Å².